The molecule has 1 saturated heterocycles. The summed E-state index contributed by atoms with van der Waals surface area (Å²) in [5, 5.41) is 0. The molecule has 2 heterocycles. The molecule has 1 aliphatic heterocycles. The molecule has 5 rings (SSSR count). The minimum absolute atomic E-state index is 0.0247. The molecule has 6 heteroatoms. The fourth-order valence-corrected chi connectivity index (χ4v) is 4.55. The molecule has 0 unspecified atom stereocenters. The third kappa shape index (κ3) is 4.16. The fraction of sp³-hybridized carbons (Fsp3) is 0.259. The molecular weight excluding hydrogens is 414 g/mol. The van der Waals surface area contributed by atoms with Crippen molar-refractivity contribution in [3.63, 3.8) is 0 Å². The number of rotatable bonds is 7. The fourth-order valence-electron chi connectivity index (χ4n) is 4.55. The molecule has 0 aliphatic carbocycles. The molecular formula is C27H27N3O3. The van der Waals surface area contributed by atoms with E-state index in [4.69, 9.17) is 14.5 Å². The third-order valence-corrected chi connectivity index (χ3v) is 6.13. The van der Waals surface area contributed by atoms with E-state index in [1.165, 1.54) is 0 Å². The van der Waals surface area contributed by atoms with Crippen molar-refractivity contribution in [3.8, 4) is 11.5 Å². The summed E-state index contributed by atoms with van der Waals surface area (Å²) in [5.74, 6) is 2.52. The van der Waals surface area contributed by atoms with Gasteiger partial charge in [-0.15, -0.1) is 0 Å². The molecule has 1 aliphatic rings. The highest BCUT2D eigenvalue weighted by Crippen LogP contribution is 2.33. The molecule has 0 bridgehead atoms. The molecule has 0 radical (unpaired) electrons. The van der Waals surface area contributed by atoms with Gasteiger partial charge in [-0.2, -0.15) is 0 Å². The third-order valence-electron chi connectivity index (χ3n) is 6.13. The van der Waals surface area contributed by atoms with E-state index in [0.717, 1.165) is 28.1 Å². The number of fused-ring (bicyclic) bond motifs is 1. The Labute approximate surface area is 193 Å². The molecule has 168 valence electrons. The lowest BCUT2D eigenvalue weighted by molar-refractivity contribution is -0.117. The van der Waals surface area contributed by atoms with Crippen LogP contribution in [0.5, 0.6) is 11.5 Å². The zero-order chi connectivity index (χ0) is 22.8. The van der Waals surface area contributed by atoms with Gasteiger partial charge in [0.2, 0.25) is 5.91 Å². The molecule has 0 saturated carbocycles. The Morgan fingerprint density at radius 2 is 1.79 bits per heavy atom. The lowest BCUT2D eigenvalue weighted by Crippen LogP contribution is -2.24. The second kappa shape index (κ2) is 8.98. The van der Waals surface area contributed by atoms with Crippen molar-refractivity contribution in [1.82, 2.24) is 9.55 Å². The minimum atomic E-state index is 0.0247. The largest absolute Gasteiger partial charge is 0.493 e. The summed E-state index contributed by atoms with van der Waals surface area (Å²) in [6, 6.07) is 23.8. The summed E-state index contributed by atoms with van der Waals surface area (Å²) in [4.78, 5) is 19.7. The highest BCUT2D eigenvalue weighted by atomic mass is 16.5. The number of hydrogen-bond acceptors (Lipinski definition) is 4. The first kappa shape index (κ1) is 21.1. The standard InChI is InChI=1S/C27H27N3O3/c1-19-8-7-9-21(16-19)30-18-20(17-26(30)31)27-28-22-10-3-4-11-23(22)29(27)14-15-33-25-13-6-5-12-24(25)32-2/h3-13,16,20H,14-15,17-18H2,1-2H3/t20-/m0/s1. The van der Waals surface area contributed by atoms with Crippen LogP contribution in [0.1, 0.15) is 23.7 Å². The number of imidazole rings is 1. The summed E-state index contributed by atoms with van der Waals surface area (Å²) in [6.45, 7) is 3.76. The van der Waals surface area contributed by atoms with Gasteiger partial charge in [-0.3, -0.25) is 4.79 Å². The van der Waals surface area contributed by atoms with Gasteiger partial charge in [-0.05, 0) is 48.9 Å². The maximum Gasteiger partial charge on any atom is 0.227 e. The first-order valence-electron chi connectivity index (χ1n) is 11.2. The van der Waals surface area contributed by atoms with Gasteiger partial charge in [-0.1, -0.05) is 36.4 Å². The minimum Gasteiger partial charge on any atom is -0.493 e. The lowest BCUT2D eigenvalue weighted by Gasteiger charge is -2.18. The number of aromatic nitrogens is 2. The van der Waals surface area contributed by atoms with E-state index in [9.17, 15) is 4.79 Å². The Kier molecular flexibility index (Phi) is 5.73. The number of para-hydroxylation sites is 4. The summed E-state index contributed by atoms with van der Waals surface area (Å²) in [6.07, 6.45) is 0.449. The van der Waals surface area contributed by atoms with Crippen LogP contribution >= 0.6 is 0 Å². The second-order valence-electron chi connectivity index (χ2n) is 8.35. The monoisotopic (exact) mass is 441 g/mol. The average Bonchev–Trinajstić information content (AvgIpc) is 3.40. The number of methoxy groups -OCH3 is 1. The van der Waals surface area contributed by atoms with Gasteiger partial charge in [0.15, 0.2) is 11.5 Å². The first-order chi connectivity index (χ1) is 16.1. The van der Waals surface area contributed by atoms with Crippen LogP contribution in [0.4, 0.5) is 5.69 Å². The smallest absolute Gasteiger partial charge is 0.227 e. The lowest BCUT2D eigenvalue weighted by atomic mass is 10.1. The Bertz CT molecular complexity index is 1300. The van der Waals surface area contributed by atoms with E-state index in [-0.39, 0.29) is 11.8 Å². The SMILES string of the molecule is COc1ccccc1OCCn1c([C@H]2CC(=O)N(c3cccc(C)c3)C2)nc2ccccc21. The number of hydrogen-bond donors (Lipinski definition) is 0. The predicted molar refractivity (Wildman–Crippen MR) is 129 cm³/mol. The number of ether oxygens (including phenoxy) is 2. The topological polar surface area (TPSA) is 56.6 Å². The summed E-state index contributed by atoms with van der Waals surface area (Å²) < 4.78 is 13.6. The Balaban J connectivity index is 1.41. The van der Waals surface area contributed by atoms with Gasteiger partial charge in [0, 0.05) is 24.6 Å². The number of carbonyl (C=O) groups is 1. The summed E-state index contributed by atoms with van der Waals surface area (Å²) in [5.41, 5.74) is 4.08. The van der Waals surface area contributed by atoms with Crippen LogP contribution in [0.2, 0.25) is 0 Å². The van der Waals surface area contributed by atoms with Crippen molar-refractivity contribution in [2.24, 2.45) is 0 Å². The van der Waals surface area contributed by atoms with Crippen LogP contribution < -0.4 is 14.4 Å². The van der Waals surface area contributed by atoms with E-state index >= 15 is 0 Å². The molecule has 1 amide bonds. The van der Waals surface area contributed by atoms with E-state index in [1.54, 1.807) is 7.11 Å². The van der Waals surface area contributed by atoms with Crippen molar-refractivity contribution < 1.29 is 14.3 Å². The van der Waals surface area contributed by atoms with Crippen LogP contribution in [0.15, 0.2) is 72.8 Å². The van der Waals surface area contributed by atoms with E-state index in [0.29, 0.717) is 37.6 Å². The normalized spacial score (nSPS) is 15.9. The van der Waals surface area contributed by atoms with Gasteiger partial charge < -0.3 is 18.9 Å². The van der Waals surface area contributed by atoms with Crippen molar-refractivity contribution >= 4 is 22.6 Å². The van der Waals surface area contributed by atoms with E-state index < -0.39 is 0 Å². The molecule has 4 aromatic rings. The maximum atomic E-state index is 12.9. The zero-order valence-electron chi connectivity index (χ0n) is 18.9. The van der Waals surface area contributed by atoms with Gasteiger partial charge in [0.05, 0.1) is 24.7 Å². The average molecular weight is 442 g/mol. The highest BCUT2D eigenvalue weighted by molar-refractivity contribution is 5.96. The maximum absolute atomic E-state index is 12.9. The van der Waals surface area contributed by atoms with Crippen molar-refractivity contribution in [1.29, 1.82) is 0 Å². The summed E-state index contributed by atoms with van der Waals surface area (Å²) in [7, 11) is 1.64. The highest BCUT2D eigenvalue weighted by Gasteiger charge is 2.34. The Morgan fingerprint density at radius 1 is 1.00 bits per heavy atom. The van der Waals surface area contributed by atoms with Crippen LogP contribution in [-0.4, -0.2) is 35.7 Å². The van der Waals surface area contributed by atoms with Crippen molar-refractivity contribution in [3.05, 3.63) is 84.2 Å². The second-order valence-corrected chi connectivity index (χ2v) is 8.35. The van der Waals surface area contributed by atoms with Crippen LogP contribution in [0.25, 0.3) is 11.0 Å². The number of anilines is 1. The van der Waals surface area contributed by atoms with E-state index in [1.807, 2.05) is 72.5 Å². The molecule has 1 aromatic heterocycles. The molecule has 33 heavy (non-hydrogen) atoms. The Morgan fingerprint density at radius 3 is 2.61 bits per heavy atom. The first-order valence-corrected chi connectivity index (χ1v) is 11.2. The zero-order valence-corrected chi connectivity index (χ0v) is 18.9. The number of amides is 1. The number of nitrogens with zero attached hydrogens (tertiary/aromatic N) is 3. The van der Waals surface area contributed by atoms with Crippen LogP contribution in [-0.2, 0) is 11.3 Å². The molecule has 6 nitrogen and oxygen atoms in total. The number of carbonyl (C=O) groups excluding carboxylic acids is 1. The Hall–Kier alpha value is -3.80. The molecule has 1 fully saturated rings. The van der Waals surface area contributed by atoms with Crippen molar-refractivity contribution in [2.45, 2.75) is 25.8 Å². The molecule has 3 aromatic carbocycles. The molecule has 0 N–H and O–H groups in total. The van der Waals surface area contributed by atoms with Crippen LogP contribution in [0.3, 0.4) is 0 Å². The number of aryl methyl sites for hydroxylation is 1. The quantitative estimate of drug-likeness (QED) is 0.407. The summed E-state index contributed by atoms with van der Waals surface area (Å²) >= 11 is 0. The van der Waals surface area contributed by atoms with Crippen molar-refractivity contribution in [2.75, 3.05) is 25.2 Å². The van der Waals surface area contributed by atoms with Gasteiger partial charge in [-0.25, -0.2) is 4.98 Å². The van der Waals surface area contributed by atoms with Gasteiger partial charge in [0.1, 0.15) is 12.4 Å². The van der Waals surface area contributed by atoms with Gasteiger partial charge >= 0.3 is 0 Å². The van der Waals surface area contributed by atoms with Crippen LogP contribution in [0, 0.1) is 6.92 Å². The predicted octanol–water partition coefficient (Wildman–Crippen LogP) is 4.95. The molecule has 1 atom stereocenters. The van der Waals surface area contributed by atoms with E-state index in [2.05, 4.69) is 16.7 Å². The molecule has 0 spiro atoms. The number of benzene rings is 3. The van der Waals surface area contributed by atoms with Gasteiger partial charge in [0.25, 0.3) is 0 Å².